The Morgan fingerprint density at radius 3 is 2.36 bits per heavy atom. The maximum Gasteiger partial charge on any atom is 0.188 e. The average Bonchev–Trinajstić information content (AvgIpc) is 2.10. The summed E-state index contributed by atoms with van der Waals surface area (Å²) in [6, 6.07) is 0.510. The molecule has 0 heterocycles. The molecule has 0 saturated carbocycles. The minimum Gasteiger partial charge on any atom is -0.370 e. The van der Waals surface area contributed by atoms with Gasteiger partial charge in [0.15, 0.2) is 5.96 Å². The maximum atomic E-state index is 5.57. The molecule has 0 aromatic rings. The van der Waals surface area contributed by atoms with Crippen LogP contribution in [0.3, 0.4) is 0 Å². The third-order valence-corrected chi connectivity index (χ3v) is 2.23. The van der Waals surface area contributed by atoms with E-state index < -0.39 is 0 Å². The fourth-order valence-electron chi connectivity index (χ4n) is 1.32. The summed E-state index contributed by atoms with van der Waals surface area (Å²) in [6.07, 6.45) is 1.16. The number of nitrogens with one attached hydrogen (secondary N) is 1. The Balaban J connectivity index is 3.97. The molecule has 0 aromatic heterocycles. The van der Waals surface area contributed by atoms with Crippen molar-refractivity contribution in [2.45, 2.75) is 26.3 Å². The largest absolute Gasteiger partial charge is 0.370 e. The molecule has 4 heteroatoms. The van der Waals surface area contributed by atoms with Crippen molar-refractivity contribution in [2.75, 3.05) is 27.7 Å². The van der Waals surface area contributed by atoms with Crippen LogP contribution in [-0.4, -0.2) is 44.6 Å². The van der Waals surface area contributed by atoms with E-state index in [0.717, 1.165) is 13.0 Å². The lowest BCUT2D eigenvalue weighted by molar-refractivity contribution is 0.255. The van der Waals surface area contributed by atoms with Crippen molar-refractivity contribution in [1.82, 2.24) is 10.2 Å². The van der Waals surface area contributed by atoms with Crippen LogP contribution in [0, 0.1) is 5.92 Å². The summed E-state index contributed by atoms with van der Waals surface area (Å²) in [5, 5.41) is 3.11. The molecule has 0 aliphatic heterocycles. The van der Waals surface area contributed by atoms with Crippen LogP contribution in [0.25, 0.3) is 0 Å². The van der Waals surface area contributed by atoms with Gasteiger partial charge in [0.25, 0.3) is 0 Å². The van der Waals surface area contributed by atoms with E-state index in [1.54, 1.807) is 7.05 Å². The summed E-state index contributed by atoms with van der Waals surface area (Å²) in [5.74, 6) is 1.21. The van der Waals surface area contributed by atoms with Crippen LogP contribution in [0.5, 0.6) is 0 Å². The molecule has 14 heavy (non-hydrogen) atoms. The Labute approximate surface area is 87.6 Å². The number of hydrogen-bond acceptors (Lipinski definition) is 2. The van der Waals surface area contributed by atoms with Gasteiger partial charge in [0.05, 0.1) is 0 Å². The standard InChI is InChI=1S/C10H24N4/c1-8(2)6-9(14(4)5)7-13-10(11)12-3/h8-9H,6-7H2,1-5H3,(H3,11,12,13). The van der Waals surface area contributed by atoms with E-state index in [0.29, 0.717) is 17.9 Å². The molecule has 0 aliphatic rings. The fraction of sp³-hybridized carbons (Fsp3) is 0.900. The van der Waals surface area contributed by atoms with Crippen molar-refractivity contribution >= 4 is 5.96 Å². The van der Waals surface area contributed by atoms with Gasteiger partial charge in [0.2, 0.25) is 0 Å². The van der Waals surface area contributed by atoms with Gasteiger partial charge in [-0.1, -0.05) is 13.8 Å². The molecule has 4 nitrogen and oxygen atoms in total. The molecule has 0 rings (SSSR count). The van der Waals surface area contributed by atoms with Crippen molar-refractivity contribution in [3.8, 4) is 0 Å². The topological polar surface area (TPSA) is 53.6 Å². The lowest BCUT2D eigenvalue weighted by Gasteiger charge is -2.26. The van der Waals surface area contributed by atoms with Gasteiger partial charge in [0, 0.05) is 19.6 Å². The fourth-order valence-corrected chi connectivity index (χ4v) is 1.32. The zero-order valence-corrected chi connectivity index (χ0v) is 10.0. The van der Waals surface area contributed by atoms with Gasteiger partial charge in [-0.15, -0.1) is 0 Å². The minimum atomic E-state index is 0.510. The van der Waals surface area contributed by atoms with Crippen molar-refractivity contribution < 1.29 is 0 Å². The van der Waals surface area contributed by atoms with Crippen LogP contribution in [0.4, 0.5) is 0 Å². The number of rotatable bonds is 5. The molecule has 0 bridgehead atoms. The smallest absolute Gasteiger partial charge is 0.188 e. The highest BCUT2D eigenvalue weighted by Crippen LogP contribution is 2.07. The van der Waals surface area contributed by atoms with Gasteiger partial charge >= 0.3 is 0 Å². The van der Waals surface area contributed by atoms with Crippen LogP contribution in [-0.2, 0) is 0 Å². The van der Waals surface area contributed by atoms with E-state index in [4.69, 9.17) is 5.73 Å². The number of likely N-dealkylation sites (N-methyl/N-ethyl adjacent to an activating group) is 1. The molecular formula is C10H24N4. The first kappa shape index (κ1) is 13.2. The molecule has 0 aliphatic carbocycles. The summed E-state index contributed by atoms with van der Waals surface area (Å²) in [6.45, 7) is 5.32. The van der Waals surface area contributed by atoms with Crippen LogP contribution < -0.4 is 11.1 Å². The van der Waals surface area contributed by atoms with E-state index in [9.17, 15) is 0 Å². The zero-order chi connectivity index (χ0) is 11.1. The van der Waals surface area contributed by atoms with Crippen LogP contribution in [0.2, 0.25) is 0 Å². The van der Waals surface area contributed by atoms with Gasteiger partial charge in [-0.05, 0) is 26.4 Å². The lowest BCUT2D eigenvalue weighted by Crippen LogP contribution is -2.43. The maximum absolute atomic E-state index is 5.57. The van der Waals surface area contributed by atoms with E-state index >= 15 is 0 Å². The summed E-state index contributed by atoms with van der Waals surface area (Å²) < 4.78 is 0. The van der Waals surface area contributed by atoms with Crippen LogP contribution in [0.1, 0.15) is 20.3 Å². The normalized spacial score (nSPS) is 14.9. The Bertz CT molecular complexity index is 175. The van der Waals surface area contributed by atoms with Crippen molar-refractivity contribution in [2.24, 2.45) is 16.6 Å². The molecule has 1 atom stereocenters. The first-order valence-electron chi connectivity index (χ1n) is 5.10. The van der Waals surface area contributed by atoms with Crippen molar-refractivity contribution in [3.05, 3.63) is 0 Å². The number of nitrogens with zero attached hydrogens (tertiary/aromatic N) is 2. The quantitative estimate of drug-likeness (QED) is 0.502. The van der Waals surface area contributed by atoms with E-state index in [1.165, 1.54) is 0 Å². The van der Waals surface area contributed by atoms with Crippen LogP contribution in [0.15, 0.2) is 4.99 Å². The average molecular weight is 200 g/mol. The summed E-state index contributed by atoms with van der Waals surface area (Å²) in [4.78, 5) is 6.08. The van der Waals surface area contributed by atoms with Gasteiger partial charge < -0.3 is 16.0 Å². The predicted octanol–water partition coefficient (Wildman–Crippen LogP) is 0.497. The molecule has 1 unspecified atom stereocenters. The van der Waals surface area contributed by atoms with Gasteiger partial charge in [-0.25, -0.2) is 0 Å². The summed E-state index contributed by atoms with van der Waals surface area (Å²) >= 11 is 0. The number of hydrogen-bond donors (Lipinski definition) is 2. The predicted molar refractivity (Wildman–Crippen MR) is 62.5 cm³/mol. The highest BCUT2D eigenvalue weighted by molar-refractivity contribution is 5.77. The second kappa shape index (κ2) is 6.65. The molecule has 0 spiro atoms. The third kappa shape index (κ3) is 5.80. The molecule has 0 saturated heterocycles. The highest BCUT2D eigenvalue weighted by Gasteiger charge is 2.12. The molecule has 0 amide bonds. The van der Waals surface area contributed by atoms with Crippen molar-refractivity contribution in [1.29, 1.82) is 0 Å². The highest BCUT2D eigenvalue weighted by atomic mass is 15.2. The monoisotopic (exact) mass is 200 g/mol. The van der Waals surface area contributed by atoms with E-state index in [-0.39, 0.29) is 0 Å². The zero-order valence-electron chi connectivity index (χ0n) is 10.0. The van der Waals surface area contributed by atoms with Crippen molar-refractivity contribution in [3.63, 3.8) is 0 Å². The van der Waals surface area contributed by atoms with E-state index in [1.807, 2.05) is 0 Å². The van der Waals surface area contributed by atoms with Gasteiger partial charge in [0.1, 0.15) is 0 Å². The second-order valence-corrected chi connectivity index (χ2v) is 4.24. The first-order chi connectivity index (χ1) is 6.47. The molecule has 0 fully saturated rings. The molecule has 0 radical (unpaired) electrons. The molecular weight excluding hydrogens is 176 g/mol. The first-order valence-corrected chi connectivity index (χ1v) is 5.10. The Morgan fingerprint density at radius 2 is 2.00 bits per heavy atom. The summed E-state index contributed by atoms with van der Waals surface area (Å²) in [5.41, 5.74) is 5.57. The van der Waals surface area contributed by atoms with E-state index in [2.05, 4.69) is 43.2 Å². The lowest BCUT2D eigenvalue weighted by atomic mass is 10.0. The number of guanidine groups is 1. The summed E-state index contributed by atoms with van der Waals surface area (Å²) in [7, 11) is 5.87. The number of nitrogens with two attached hydrogens (primary N) is 1. The SMILES string of the molecule is CN=C(N)NCC(CC(C)C)N(C)C. The van der Waals surface area contributed by atoms with Gasteiger partial charge in [-0.2, -0.15) is 0 Å². The molecule has 0 aromatic carbocycles. The Kier molecular flexibility index (Phi) is 6.28. The Hall–Kier alpha value is -0.770. The second-order valence-electron chi connectivity index (χ2n) is 4.24. The van der Waals surface area contributed by atoms with Crippen LogP contribution >= 0.6 is 0 Å². The minimum absolute atomic E-state index is 0.510. The van der Waals surface area contributed by atoms with Gasteiger partial charge in [-0.3, -0.25) is 4.99 Å². The molecule has 3 N–H and O–H groups in total. The third-order valence-electron chi connectivity index (χ3n) is 2.23. The Morgan fingerprint density at radius 1 is 1.43 bits per heavy atom. The molecule has 84 valence electrons. The number of aliphatic imine (C=N–C) groups is 1.